The summed E-state index contributed by atoms with van der Waals surface area (Å²) in [5.41, 5.74) is 12.1. The van der Waals surface area contributed by atoms with Crippen molar-refractivity contribution in [3.63, 3.8) is 0 Å². The lowest BCUT2D eigenvalue weighted by Crippen LogP contribution is -2.07. The van der Waals surface area contributed by atoms with Crippen LogP contribution in [0.5, 0.6) is 11.5 Å². The Morgan fingerprint density at radius 2 is 1.19 bits per heavy atom. The molecule has 4 nitrogen and oxygen atoms in total. The topological polar surface area (TPSA) is 92.5 Å². The monoisotopic (exact) mass is 218 g/mol. The fraction of sp³-hybridized carbons (Fsp3) is 0.167. The van der Waals surface area contributed by atoms with Crippen LogP contribution in [0.2, 0.25) is 0 Å². The Hall–Kier alpha value is -1.78. The first kappa shape index (κ1) is 10.7. The Kier molecular flexibility index (Phi) is 2.68. The van der Waals surface area contributed by atoms with Crippen LogP contribution in [-0.2, 0) is 13.1 Å². The van der Waals surface area contributed by atoms with Gasteiger partial charge in [0.2, 0.25) is 0 Å². The molecule has 0 saturated heterocycles. The largest absolute Gasteiger partial charge is 0.507 e. The molecule has 16 heavy (non-hydrogen) atoms. The van der Waals surface area contributed by atoms with Gasteiger partial charge in [0.25, 0.3) is 0 Å². The van der Waals surface area contributed by atoms with Crippen molar-refractivity contribution in [2.75, 3.05) is 0 Å². The molecule has 2 rings (SSSR count). The van der Waals surface area contributed by atoms with Crippen LogP contribution in [0.25, 0.3) is 10.8 Å². The number of nitrogens with two attached hydrogens (primary N) is 2. The summed E-state index contributed by atoms with van der Waals surface area (Å²) in [5.74, 6) is 0.215. The first-order valence-corrected chi connectivity index (χ1v) is 5.05. The minimum absolute atomic E-state index is 0.108. The second-order valence-corrected chi connectivity index (χ2v) is 3.61. The summed E-state index contributed by atoms with van der Waals surface area (Å²) in [6.45, 7) is 0.299. The van der Waals surface area contributed by atoms with Crippen molar-refractivity contribution in [1.82, 2.24) is 0 Å². The van der Waals surface area contributed by atoms with E-state index >= 15 is 0 Å². The maximum Gasteiger partial charge on any atom is 0.128 e. The van der Waals surface area contributed by atoms with E-state index in [0.29, 0.717) is 21.9 Å². The molecule has 0 aliphatic rings. The van der Waals surface area contributed by atoms with Gasteiger partial charge in [-0.1, -0.05) is 24.3 Å². The fourth-order valence-corrected chi connectivity index (χ4v) is 1.95. The Morgan fingerprint density at radius 1 is 0.812 bits per heavy atom. The van der Waals surface area contributed by atoms with E-state index in [1.165, 1.54) is 0 Å². The van der Waals surface area contributed by atoms with Gasteiger partial charge in [-0.05, 0) is 0 Å². The van der Waals surface area contributed by atoms with Crippen LogP contribution in [0.3, 0.4) is 0 Å². The molecule has 2 aromatic rings. The van der Waals surface area contributed by atoms with Gasteiger partial charge in [0, 0.05) is 35.0 Å². The summed E-state index contributed by atoms with van der Waals surface area (Å²) in [5, 5.41) is 21.3. The minimum atomic E-state index is 0.108. The number of fused-ring (bicyclic) bond motifs is 1. The molecule has 0 atom stereocenters. The number of hydrogen-bond acceptors (Lipinski definition) is 4. The third-order valence-electron chi connectivity index (χ3n) is 2.78. The number of benzene rings is 2. The van der Waals surface area contributed by atoms with E-state index in [1.807, 2.05) is 0 Å². The Bertz CT molecular complexity index is 490. The second kappa shape index (κ2) is 4.00. The zero-order chi connectivity index (χ0) is 11.7. The normalized spacial score (nSPS) is 10.9. The highest BCUT2D eigenvalue weighted by molar-refractivity contribution is 5.95. The van der Waals surface area contributed by atoms with Gasteiger partial charge < -0.3 is 21.7 Å². The predicted octanol–water partition coefficient (Wildman–Crippen LogP) is 1.17. The lowest BCUT2D eigenvalue weighted by Gasteiger charge is -2.14. The molecule has 0 radical (unpaired) electrons. The van der Waals surface area contributed by atoms with Crippen LogP contribution < -0.4 is 11.5 Å². The van der Waals surface area contributed by atoms with E-state index in [9.17, 15) is 10.2 Å². The Balaban J connectivity index is 2.93. The second-order valence-electron chi connectivity index (χ2n) is 3.61. The van der Waals surface area contributed by atoms with Gasteiger partial charge in [0.1, 0.15) is 11.5 Å². The quantitative estimate of drug-likeness (QED) is 0.569. The van der Waals surface area contributed by atoms with Crippen LogP contribution >= 0.6 is 0 Å². The van der Waals surface area contributed by atoms with Crippen molar-refractivity contribution in [3.05, 3.63) is 35.4 Å². The third-order valence-corrected chi connectivity index (χ3v) is 2.78. The zero-order valence-corrected chi connectivity index (χ0v) is 8.77. The molecule has 0 bridgehead atoms. The van der Waals surface area contributed by atoms with E-state index in [-0.39, 0.29) is 24.6 Å². The van der Waals surface area contributed by atoms with Gasteiger partial charge in [0.15, 0.2) is 0 Å². The van der Waals surface area contributed by atoms with E-state index in [4.69, 9.17) is 11.5 Å². The highest BCUT2D eigenvalue weighted by Gasteiger charge is 2.16. The Labute approximate surface area is 93.1 Å². The number of rotatable bonds is 2. The van der Waals surface area contributed by atoms with E-state index < -0.39 is 0 Å². The van der Waals surface area contributed by atoms with Gasteiger partial charge in [-0.2, -0.15) is 0 Å². The maximum absolute atomic E-state index is 10.0. The summed E-state index contributed by atoms with van der Waals surface area (Å²) < 4.78 is 0. The summed E-state index contributed by atoms with van der Waals surface area (Å²) >= 11 is 0. The van der Waals surface area contributed by atoms with Gasteiger partial charge in [-0.3, -0.25) is 0 Å². The molecule has 4 heteroatoms. The fourth-order valence-electron chi connectivity index (χ4n) is 1.95. The summed E-state index contributed by atoms with van der Waals surface area (Å²) in [7, 11) is 0. The molecule has 6 N–H and O–H groups in total. The van der Waals surface area contributed by atoms with Crippen molar-refractivity contribution in [1.29, 1.82) is 0 Å². The first-order chi connectivity index (χ1) is 7.70. The average Bonchev–Trinajstić information content (AvgIpc) is 2.33. The SMILES string of the molecule is NCc1c(CN)c(O)c2ccccc2c1O. The minimum Gasteiger partial charge on any atom is -0.507 e. The van der Waals surface area contributed by atoms with Crippen molar-refractivity contribution in [3.8, 4) is 11.5 Å². The molecular weight excluding hydrogens is 204 g/mol. The molecule has 0 unspecified atom stereocenters. The molecule has 84 valence electrons. The molecule has 2 aromatic carbocycles. The molecule has 0 heterocycles. The molecule has 0 amide bonds. The van der Waals surface area contributed by atoms with Gasteiger partial charge in [-0.15, -0.1) is 0 Å². The predicted molar refractivity (Wildman–Crippen MR) is 63.1 cm³/mol. The van der Waals surface area contributed by atoms with Gasteiger partial charge >= 0.3 is 0 Å². The molecule has 0 aromatic heterocycles. The maximum atomic E-state index is 10.0. The van der Waals surface area contributed by atoms with Gasteiger partial charge in [-0.25, -0.2) is 0 Å². The lowest BCUT2D eigenvalue weighted by molar-refractivity contribution is 0.457. The van der Waals surface area contributed by atoms with E-state index in [2.05, 4.69) is 0 Å². The standard InChI is InChI=1S/C12H14N2O2/c13-5-9-10(6-14)12(16)8-4-2-1-3-7(8)11(9)15/h1-4,15-16H,5-6,13-14H2. The van der Waals surface area contributed by atoms with Crippen LogP contribution in [0, 0.1) is 0 Å². The number of phenolic OH excluding ortho intramolecular Hbond substituents is 2. The van der Waals surface area contributed by atoms with Crippen molar-refractivity contribution >= 4 is 10.8 Å². The summed E-state index contributed by atoms with van der Waals surface area (Å²) in [6, 6.07) is 7.07. The zero-order valence-electron chi connectivity index (χ0n) is 8.77. The van der Waals surface area contributed by atoms with E-state index in [0.717, 1.165) is 0 Å². The number of phenols is 2. The molecular formula is C12H14N2O2. The Morgan fingerprint density at radius 3 is 1.50 bits per heavy atom. The molecule has 0 fully saturated rings. The number of aromatic hydroxyl groups is 2. The average molecular weight is 218 g/mol. The van der Waals surface area contributed by atoms with E-state index in [1.54, 1.807) is 24.3 Å². The number of hydrogen-bond donors (Lipinski definition) is 4. The molecule has 0 aliphatic heterocycles. The van der Waals surface area contributed by atoms with Crippen LogP contribution in [0.15, 0.2) is 24.3 Å². The molecule has 0 spiro atoms. The van der Waals surface area contributed by atoms with Crippen LogP contribution in [0.4, 0.5) is 0 Å². The van der Waals surface area contributed by atoms with Crippen molar-refractivity contribution in [2.45, 2.75) is 13.1 Å². The van der Waals surface area contributed by atoms with Crippen LogP contribution in [0.1, 0.15) is 11.1 Å². The van der Waals surface area contributed by atoms with Gasteiger partial charge in [0.05, 0.1) is 0 Å². The third kappa shape index (κ3) is 1.39. The van der Waals surface area contributed by atoms with Crippen molar-refractivity contribution < 1.29 is 10.2 Å². The lowest BCUT2D eigenvalue weighted by atomic mass is 9.98. The molecule has 0 aliphatic carbocycles. The smallest absolute Gasteiger partial charge is 0.128 e. The first-order valence-electron chi connectivity index (χ1n) is 5.05. The summed E-state index contributed by atoms with van der Waals surface area (Å²) in [6.07, 6.45) is 0. The molecule has 0 saturated carbocycles. The highest BCUT2D eigenvalue weighted by atomic mass is 16.3. The van der Waals surface area contributed by atoms with Crippen LogP contribution in [-0.4, -0.2) is 10.2 Å². The summed E-state index contributed by atoms with van der Waals surface area (Å²) in [4.78, 5) is 0. The van der Waals surface area contributed by atoms with Crippen molar-refractivity contribution in [2.24, 2.45) is 11.5 Å². The highest BCUT2D eigenvalue weighted by Crippen LogP contribution is 2.38.